The van der Waals surface area contributed by atoms with Gasteiger partial charge in [0, 0.05) is 56.4 Å². The minimum atomic E-state index is -0.712. The Bertz CT molecular complexity index is 1270. The van der Waals surface area contributed by atoms with E-state index in [0.29, 0.717) is 25.3 Å². The number of nitrogens with zero attached hydrogens (tertiary/aromatic N) is 6. The van der Waals surface area contributed by atoms with Gasteiger partial charge >= 0.3 is 0 Å². The molecule has 0 spiro atoms. The minimum absolute atomic E-state index is 0.0923. The SMILES string of the molecule is Bc1cnn2c(NCc3cccnc3)cc(C3CCCN(C(=O)c4cccn4CF)C3)nc12. The fourth-order valence-corrected chi connectivity index (χ4v) is 4.40. The molecule has 5 rings (SSSR count). The summed E-state index contributed by atoms with van der Waals surface area (Å²) in [6.07, 6.45) is 8.79. The van der Waals surface area contributed by atoms with E-state index in [9.17, 15) is 9.18 Å². The average Bonchev–Trinajstić information content (AvgIpc) is 3.49. The zero-order valence-electron chi connectivity index (χ0n) is 18.5. The molecule has 4 aromatic heterocycles. The summed E-state index contributed by atoms with van der Waals surface area (Å²) in [5.41, 5.74) is 4.17. The molecule has 0 radical (unpaired) electrons. The molecule has 5 heterocycles. The van der Waals surface area contributed by atoms with Crippen LogP contribution in [-0.4, -0.2) is 55.9 Å². The Morgan fingerprint density at radius 1 is 1.27 bits per heavy atom. The van der Waals surface area contributed by atoms with Gasteiger partial charge in [0.25, 0.3) is 5.91 Å². The highest BCUT2D eigenvalue weighted by Crippen LogP contribution is 2.29. The highest BCUT2D eigenvalue weighted by molar-refractivity contribution is 6.36. The van der Waals surface area contributed by atoms with Crippen LogP contribution < -0.4 is 10.8 Å². The number of carbonyl (C=O) groups is 1. The number of piperidine rings is 1. The number of likely N-dealkylation sites (tertiary alicyclic amines) is 1. The third kappa shape index (κ3) is 4.20. The Kier molecular flexibility index (Phi) is 5.81. The lowest BCUT2D eigenvalue weighted by molar-refractivity contribution is 0.0691. The number of anilines is 1. The number of carbonyl (C=O) groups excluding carboxylic acids is 1. The Morgan fingerprint density at radius 3 is 3.00 bits per heavy atom. The number of pyridine rings is 1. The third-order valence-electron chi connectivity index (χ3n) is 6.17. The van der Waals surface area contributed by atoms with Crippen LogP contribution in [0.4, 0.5) is 10.2 Å². The molecule has 168 valence electrons. The lowest BCUT2D eigenvalue weighted by Gasteiger charge is -2.33. The first kappa shape index (κ1) is 21.2. The van der Waals surface area contributed by atoms with Gasteiger partial charge in [0.2, 0.25) is 0 Å². The lowest BCUT2D eigenvalue weighted by atomic mass is 9.93. The van der Waals surface area contributed by atoms with Gasteiger partial charge in [-0.05, 0) is 42.1 Å². The summed E-state index contributed by atoms with van der Waals surface area (Å²) in [5.74, 6) is 0.801. The van der Waals surface area contributed by atoms with Crippen molar-refractivity contribution in [1.29, 1.82) is 0 Å². The molecule has 1 aliphatic rings. The molecule has 1 atom stereocenters. The maximum Gasteiger partial charge on any atom is 0.270 e. The first-order valence-corrected chi connectivity index (χ1v) is 11.1. The molecule has 8 nitrogen and oxygen atoms in total. The number of aromatic nitrogens is 5. The molecular weight excluding hydrogens is 420 g/mol. The summed E-state index contributed by atoms with van der Waals surface area (Å²) in [5, 5.41) is 7.95. The van der Waals surface area contributed by atoms with Gasteiger partial charge in [0.1, 0.15) is 19.4 Å². The third-order valence-corrected chi connectivity index (χ3v) is 6.17. The summed E-state index contributed by atoms with van der Waals surface area (Å²) in [7, 11) is 1.99. The second-order valence-corrected chi connectivity index (χ2v) is 8.42. The Hall–Kier alpha value is -3.69. The quantitative estimate of drug-likeness (QED) is 0.458. The molecule has 4 aromatic rings. The van der Waals surface area contributed by atoms with Gasteiger partial charge in [0.05, 0.1) is 5.69 Å². The van der Waals surface area contributed by atoms with Crippen molar-refractivity contribution in [2.75, 3.05) is 18.4 Å². The van der Waals surface area contributed by atoms with E-state index in [1.54, 1.807) is 24.5 Å². The molecule has 1 N–H and O–H groups in total. The number of hydrogen-bond donors (Lipinski definition) is 1. The molecule has 33 heavy (non-hydrogen) atoms. The second kappa shape index (κ2) is 9.05. The van der Waals surface area contributed by atoms with E-state index in [4.69, 9.17) is 4.98 Å². The first-order chi connectivity index (χ1) is 16.1. The number of fused-ring (bicyclic) bond motifs is 1. The van der Waals surface area contributed by atoms with E-state index in [-0.39, 0.29) is 11.8 Å². The lowest BCUT2D eigenvalue weighted by Crippen LogP contribution is -2.40. The van der Waals surface area contributed by atoms with Crippen LogP contribution in [0.25, 0.3) is 5.65 Å². The second-order valence-electron chi connectivity index (χ2n) is 8.42. The molecule has 1 fully saturated rings. The molecule has 1 amide bonds. The number of halogens is 1. The van der Waals surface area contributed by atoms with Crippen LogP contribution in [0.15, 0.2) is 55.1 Å². The van der Waals surface area contributed by atoms with Crippen molar-refractivity contribution in [3.63, 3.8) is 0 Å². The largest absolute Gasteiger partial charge is 0.366 e. The highest BCUT2D eigenvalue weighted by Gasteiger charge is 2.28. The van der Waals surface area contributed by atoms with E-state index in [2.05, 4.69) is 15.4 Å². The average molecular weight is 445 g/mol. The van der Waals surface area contributed by atoms with Crippen molar-refractivity contribution in [2.24, 2.45) is 0 Å². The van der Waals surface area contributed by atoms with Crippen LogP contribution >= 0.6 is 0 Å². The van der Waals surface area contributed by atoms with E-state index >= 15 is 0 Å². The maximum absolute atomic E-state index is 13.2. The number of nitrogens with one attached hydrogen (secondary N) is 1. The van der Waals surface area contributed by atoms with Crippen molar-refractivity contribution in [1.82, 2.24) is 29.0 Å². The minimum Gasteiger partial charge on any atom is -0.366 e. The van der Waals surface area contributed by atoms with E-state index in [1.165, 1.54) is 4.57 Å². The molecule has 0 aromatic carbocycles. The molecule has 1 aliphatic heterocycles. The van der Waals surface area contributed by atoms with Gasteiger partial charge in [0.15, 0.2) is 12.4 Å². The zero-order chi connectivity index (χ0) is 22.8. The van der Waals surface area contributed by atoms with Crippen molar-refractivity contribution < 1.29 is 9.18 Å². The van der Waals surface area contributed by atoms with Crippen LogP contribution in [0, 0.1) is 0 Å². The van der Waals surface area contributed by atoms with Crippen LogP contribution in [0.1, 0.15) is 40.5 Å². The van der Waals surface area contributed by atoms with Gasteiger partial charge in [-0.1, -0.05) is 6.07 Å². The van der Waals surface area contributed by atoms with Gasteiger partial charge in [-0.15, -0.1) is 0 Å². The number of amides is 1. The Morgan fingerprint density at radius 2 is 2.18 bits per heavy atom. The standard InChI is InChI=1S/C23H25BFN7O/c24-18-13-28-32-21(27-12-16-4-1-7-26-11-16)10-19(29-22(18)32)17-5-2-8-30(14-17)23(33)20-6-3-9-31(20)15-25/h1,3-4,6-7,9-11,13,17,27H,2,5,8,12,14-15,24H2. The van der Waals surface area contributed by atoms with Crippen molar-refractivity contribution >= 4 is 30.7 Å². The van der Waals surface area contributed by atoms with E-state index in [1.807, 2.05) is 47.9 Å². The van der Waals surface area contributed by atoms with Gasteiger partial charge in [-0.2, -0.15) is 9.61 Å². The zero-order valence-corrected chi connectivity index (χ0v) is 18.5. The van der Waals surface area contributed by atoms with E-state index in [0.717, 1.165) is 41.0 Å². The van der Waals surface area contributed by atoms with Crippen molar-refractivity contribution in [3.8, 4) is 0 Å². The van der Waals surface area contributed by atoms with Gasteiger partial charge in [-0.25, -0.2) is 9.37 Å². The molecular formula is C23H25BFN7O. The van der Waals surface area contributed by atoms with Crippen LogP contribution in [0.3, 0.4) is 0 Å². The van der Waals surface area contributed by atoms with E-state index < -0.39 is 6.80 Å². The predicted octanol–water partition coefficient (Wildman–Crippen LogP) is 1.74. The monoisotopic (exact) mass is 445 g/mol. The fourth-order valence-electron chi connectivity index (χ4n) is 4.40. The molecule has 1 unspecified atom stereocenters. The van der Waals surface area contributed by atoms with Gasteiger partial charge in [-0.3, -0.25) is 9.78 Å². The van der Waals surface area contributed by atoms with Crippen LogP contribution in [-0.2, 0) is 13.3 Å². The molecule has 0 aliphatic carbocycles. The van der Waals surface area contributed by atoms with Crippen molar-refractivity contribution in [2.45, 2.75) is 32.1 Å². The summed E-state index contributed by atoms with van der Waals surface area (Å²) in [6.45, 7) is 1.11. The highest BCUT2D eigenvalue weighted by atomic mass is 19.1. The topological polar surface area (TPSA) is 80.4 Å². The first-order valence-electron chi connectivity index (χ1n) is 11.1. The summed E-state index contributed by atoms with van der Waals surface area (Å²) < 4.78 is 16.4. The number of alkyl halides is 1. The number of hydrogen-bond acceptors (Lipinski definition) is 5. The summed E-state index contributed by atoms with van der Waals surface area (Å²) in [6, 6.07) is 9.33. The molecule has 0 bridgehead atoms. The molecule has 1 saturated heterocycles. The number of rotatable bonds is 6. The van der Waals surface area contributed by atoms with Crippen LogP contribution in [0.5, 0.6) is 0 Å². The van der Waals surface area contributed by atoms with Gasteiger partial charge < -0.3 is 14.8 Å². The maximum atomic E-state index is 13.2. The summed E-state index contributed by atoms with van der Waals surface area (Å²) in [4.78, 5) is 24.0. The Balaban J connectivity index is 1.41. The summed E-state index contributed by atoms with van der Waals surface area (Å²) >= 11 is 0. The van der Waals surface area contributed by atoms with Crippen molar-refractivity contribution in [3.05, 3.63) is 72.1 Å². The van der Waals surface area contributed by atoms with Crippen LogP contribution in [0.2, 0.25) is 0 Å². The normalized spacial score (nSPS) is 16.3. The fraction of sp³-hybridized carbons (Fsp3) is 0.304. The molecule has 10 heteroatoms. The smallest absolute Gasteiger partial charge is 0.270 e. The Labute approximate surface area is 191 Å². The predicted molar refractivity (Wildman–Crippen MR) is 126 cm³/mol. The molecule has 0 saturated carbocycles.